The molecule has 1 unspecified atom stereocenters. The van der Waals surface area contributed by atoms with Gasteiger partial charge >= 0.3 is 5.97 Å². The van der Waals surface area contributed by atoms with Crippen LogP contribution in [0.2, 0.25) is 0 Å². The molecule has 0 spiro atoms. The Morgan fingerprint density at radius 2 is 1.66 bits per heavy atom. The molecule has 0 radical (unpaired) electrons. The van der Waals surface area contributed by atoms with E-state index in [0.717, 1.165) is 11.1 Å². The smallest absolute Gasteiger partial charge is 0.306 e. The van der Waals surface area contributed by atoms with Gasteiger partial charge in [-0.25, -0.2) is 8.78 Å². The van der Waals surface area contributed by atoms with Crippen LogP contribution in [-0.2, 0) is 27.5 Å². The number of esters is 1. The monoisotopic (exact) mass is 572 g/mol. The van der Waals surface area contributed by atoms with Crippen molar-refractivity contribution in [3.63, 3.8) is 0 Å². The minimum Gasteiger partial charge on any atom is -0.461 e. The molecule has 2 aromatic rings. The highest BCUT2D eigenvalue weighted by Crippen LogP contribution is 2.41. The largest absolute Gasteiger partial charge is 0.461 e. The lowest BCUT2D eigenvalue weighted by atomic mass is 9.85. The van der Waals surface area contributed by atoms with Crippen molar-refractivity contribution < 1.29 is 33.3 Å². The van der Waals surface area contributed by atoms with Crippen LogP contribution in [0.3, 0.4) is 0 Å². The van der Waals surface area contributed by atoms with Crippen molar-refractivity contribution in [2.75, 3.05) is 0 Å². The van der Waals surface area contributed by atoms with Gasteiger partial charge in [0, 0.05) is 19.3 Å². The minimum absolute atomic E-state index is 0.0371. The van der Waals surface area contributed by atoms with Crippen molar-refractivity contribution in [3.8, 4) is 0 Å². The van der Waals surface area contributed by atoms with Gasteiger partial charge < -0.3 is 19.7 Å². The fraction of sp³-hybridized carbons (Fsp3) is 0.559. The standard InChI is InChI=1S/C34H46F2O5/c1-2-3-22-34(35,36)32(38)21-20-29-28(30(37)23-31(29)40-24-26-14-8-6-9-15-26)18-12-4-5-13-19-33(39)41-25-27-16-10-7-11-17-27/h4,6-12,14-17,28-32,37-38H,2-3,5,13,18-25H2,1H3/b12-4-/t28-,29-,30+,31-,32?/m1/s1. The summed E-state index contributed by atoms with van der Waals surface area (Å²) in [4.78, 5) is 12.0. The Balaban J connectivity index is 1.50. The zero-order chi connectivity index (χ0) is 29.5. The van der Waals surface area contributed by atoms with E-state index in [0.29, 0.717) is 58.0 Å². The first-order valence-electron chi connectivity index (χ1n) is 15.0. The van der Waals surface area contributed by atoms with Gasteiger partial charge in [0.05, 0.1) is 18.8 Å². The normalized spacial score (nSPS) is 21.8. The number of ether oxygens (including phenoxy) is 2. The molecule has 1 saturated carbocycles. The number of unbranched alkanes of at least 4 members (excludes halogenated alkanes) is 2. The molecule has 0 aromatic heterocycles. The Morgan fingerprint density at radius 1 is 1.00 bits per heavy atom. The van der Waals surface area contributed by atoms with E-state index in [2.05, 4.69) is 0 Å². The predicted octanol–water partition coefficient (Wildman–Crippen LogP) is 7.40. The summed E-state index contributed by atoms with van der Waals surface area (Å²) in [5, 5.41) is 21.2. The van der Waals surface area contributed by atoms with Gasteiger partial charge in [0.25, 0.3) is 5.92 Å². The molecule has 2 N–H and O–H groups in total. The fourth-order valence-electron chi connectivity index (χ4n) is 5.54. The van der Waals surface area contributed by atoms with E-state index in [1.54, 1.807) is 0 Å². The third kappa shape index (κ3) is 11.3. The lowest BCUT2D eigenvalue weighted by Gasteiger charge is -2.28. The third-order valence-electron chi connectivity index (χ3n) is 8.00. The number of hydrogen-bond acceptors (Lipinski definition) is 5. The number of rotatable bonds is 18. The molecule has 5 atom stereocenters. The summed E-state index contributed by atoms with van der Waals surface area (Å²) in [5.41, 5.74) is 1.96. The van der Waals surface area contributed by atoms with Gasteiger partial charge in [0.1, 0.15) is 12.7 Å². The van der Waals surface area contributed by atoms with Crippen LogP contribution in [0.25, 0.3) is 0 Å². The zero-order valence-electron chi connectivity index (χ0n) is 24.2. The highest BCUT2D eigenvalue weighted by atomic mass is 19.3. The number of benzene rings is 2. The van der Waals surface area contributed by atoms with E-state index in [1.807, 2.05) is 79.7 Å². The first-order valence-corrected chi connectivity index (χ1v) is 15.0. The Kier molecular flexibility index (Phi) is 13.9. The molecule has 1 aliphatic carbocycles. The second kappa shape index (κ2) is 17.4. The molecule has 1 fully saturated rings. The van der Waals surface area contributed by atoms with Crippen molar-refractivity contribution in [2.24, 2.45) is 11.8 Å². The van der Waals surface area contributed by atoms with Crippen LogP contribution in [-0.4, -0.2) is 40.4 Å². The molecule has 0 aliphatic heterocycles. The molecular weight excluding hydrogens is 526 g/mol. The Morgan fingerprint density at radius 3 is 2.32 bits per heavy atom. The number of allylic oxidation sites excluding steroid dienone is 2. The summed E-state index contributed by atoms with van der Waals surface area (Å²) in [6, 6.07) is 19.3. The molecule has 0 heterocycles. The van der Waals surface area contributed by atoms with Crippen LogP contribution < -0.4 is 0 Å². The van der Waals surface area contributed by atoms with Crippen LogP contribution in [0.4, 0.5) is 8.78 Å². The Labute approximate surface area is 243 Å². The predicted molar refractivity (Wildman–Crippen MR) is 156 cm³/mol. The molecule has 0 saturated heterocycles. The number of aliphatic hydroxyl groups is 2. The molecule has 226 valence electrons. The molecule has 2 aromatic carbocycles. The maximum atomic E-state index is 14.5. The van der Waals surface area contributed by atoms with Crippen LogP contribution >= 0.6 is 0 Å². The van der Waals surface area contributed by atoms with Crippen molar-refractivity contribution >= 4 is 5.97 Å². The van der Waals surface area contributed by atoms with Crippen molar-refractivity contribution in [2.45, 2.75) is 109 Å². The van der Waals surface area contributed by atoms with E-state index >= 15 is 0 Å². The van der Waals surface area contributed by atoms with Crippen molar-refractivity contribution in [3.05, 3.63) is 83.9 Å². The SMILES string of the molecule is CCCCC(F)(F)C(O)CC[C@@H]1[C@@H](C/C=C\CCCC(=O)OCc2ccccc2)[C@@H](O)C[C@H]1OCc1ccccc1. The summed E-state index contributed by atoms with van der Waals surface area (Å²) in [6.07, 6.45) is 5.11. The average Bonchev–Trinajstić information content (AvgIpc) is 3.28. The molecule has 1 aliphatic rings. The third-order valence-corrected chi connectivity index (χ3v) is 8.00. The highest BCUT2D eigenvalue weighted by molar-refractivity contribution is 5.69. The Hall–Kier alpha value is -2.61. The lowest BCUT2D eigenvalue weighted by Crippen LogP contribution is -2.35. The average molecular weight is 573 g/mol. The van der Waals surface area contributed by atoms with E-state index in [9.17, 15) is 23.8 Å². The maximum Gasteiger partial charge on any atom is 0.306 e. The van der Waals surface area contributed by atoms with E-state index < -0.39 is 18.1 Å². The minimum atomic E-state index is -3.12. The molecule has 5 nitrogen and oxygen atoms in total. The van der Waals surface area contributed by atoms with E-state index in [-0.39, 0.29) is 43.4 Å². The number of alkyl halides is 2. The van der Waals surface area contributed by atoms with E-state index in [4.69, 9.17) is 9.47 Å². The lowest BCUT2D eigenvalue weighted by molar-refractivity contribution is -0.145. The molecule has 3 rings (SSSR count). The topological polar surface area (TPSA) is 76.0 Å². The van der Waals surface area contributed by atoms with Crippen LogP contribution in [0.15, 0.2) is 72.8 Å². The first kappa shape index (κ1) is 32.9. The molecule has 41 heavy (non-hydrogen) atoms. The summed E-state index contributed by atoms with van der Waals surface area (Å²) in [6.45, 7) is 2.50. The summed E-state index contributed by atoms with van der Waals surface area (Å²) in [7, 11) is 0. The molecule has 0 bridgehead atoms. The van der Waals surface area contributed by atoms with Gasteiger partial charge in [-0.3, -0.25) is 4.79 Å². The summed E-state index contributed by atoms with van der Waals surface area (Å²) >= 11 is 0. The van der Waals surface area contributed by atoms with Crippen LogP contribution in [0, 0.1) is 11.8 Å². The van der Waals surface area contributed by atoms with Crippen LogP contribution in [0.5, 0.6) is 0 Å². The second-order valence-electron chi connectivity index (χ2n) is 11.2. The van der Waals surface area contributed by atoms with Gasteiger partial charge in [-0.1, -0.05) is 86.2 Å². The zero-order valence-corrected chi connectivity index (χ0v) is 24.2. The van der Waals surface area contributed by atoms with Crippen LogP contribution in [0.1, 0.15) is 82.3 Å². The number of carbonyl (C=O) groups excluding carboxylic acids is 1. The number of aliphatic hydroxyl groups excluding tert-OH is 2. The number of carbonyl (C=O) groups is 1. The van der Waals surface area contributed by atoms with Crippen molar-refractivity contribution in [1.29, 1.82) is 0 Å². The van der Waals surface area contributed by atoms with Gasteiger partial charge in [-0.15, -0.1) is 0 Å². The van der Waals surface area contributed by atoms with Gasteiger partial charge in [-0.05, 0) is 61.5 Å². The second-order valence-corrected chi connectivity index (χ2v) is 11.2. The highest BCUT2D eigenvalue weighted by Gasteiger charge is 2.44. The summed E-state index contributed by atoms with van der Waals surface area (Å²) < 4.78 is 40.4. The molecule has 7 heteroatoms. The van der Waals surface area contributed by atoms with E-state index in [1.165, 1.54) is 0 Å². The van der Waals surface area contributed by atoms with Crippen molar-refractivity contribution in [1.82, 2.24) is 0 Å². The molecule has 0 amide bonds. The van der Waals surface area contributed by atoms with Gasteiger partial charge in [0.2, 0.25) is 0 Å². The van der Waals surface area contributed by atoms with Gasteiger partial charge in [0.15, 0.2) is 0 Å². The number of halogens is 2. The summed E-state index contributed by atoms with van der Waals surface area (Å²) in [5.74, 6) is -3.66. The van der Waals surface area contributed by atoms with Gasteiger partial charge in [-0.2, -0.15) is 0 Å². The first-order chi connectivity index (χ1) is 19.8. The number of hydrogen-bond donors (Lipinski definition) is 2. The quantitative estimate of drug-likeness (QED) is 0.111. The molecular formula is C34H46F2O5. The Bertz CT molecular complexity index is 1030. The fourth-order valence-corrected chi connectivity index (χ4v) is 5.54. The maximum absolute atomic E-state index is 14.5.